The minimum Gasteiger partial charge on any atom is -0.382 e. The normalized spacial score (nSPS) is 12.1. The fourth-order valence-corrected chi connectivity index (χ4v) is 3.47. The van der Waals surface area contributed by atoms with Crippen molar-refractivity contribution in [2.45, 2.75) is 13.0 Å². The third kappa shape index (κ3) is 5.20. The summed E-state index contributed by atoms with van der Waals surface area (Å²) in [6, 6.07) is 2.61. The minimum atomic E-state index is -0.539. The number of urea groups is 1. The number of nitrogens with one attached hydrogen (secondary N) is 2. The van der Waals surface area contributed by atoms with E-state index in [2.05, 4.69) is 35.9 Å². The maximum absolute atomic E-state index is 12.7. The number of ether oxygens (including phenoxy) is 2. The van der Waals surface area contributed by atoms with Crippen molar-refractivity contribution in [3.8, 4) is 5.82 Å². The van der Waals surface area contributed by atoms with E-state index in [0.717, 1.165) is 0 Å². The van der Waals surface area contributed by atoms with Crippen LogP contribution in [0.1, 0.15) is 18.7 Å². The van der Waals surface area contributed by atoms with Gasteiger partial charge in [-0.2, -0.15) is 15.3 Å². The van der Waals surface area contributed by atoms with Crippen molar-refractivity contribution >= 4 is 46.3 Å². The Morgan fingerprint density at radius 1 is 1.12 bits per heavy atom. The Bertz CT molecular complexity index is 1260. The monoisotopic (exact) mass is 491 g/mol. The van der Waals surface area contributed by atoms with Gasteiger partial charge in [0.05, 0.1) is 66.2 Å². The van der Waals surface area contributed by atoms with Gasteiger partial charge in [-0.05, 0) is 13.0 Å². The summed E-state index contributed by atoms with van der Waals surface area (Å²) in [7, 11) is 1.59. The van der Waals surface area contributed by atoms with E-state index in [9.17, 15) is 4.79 Å². The molecule has 0 spiro atoms. The Morgan fingerprint density at radius 2 is 1.91 bits per heavy atom. The highest BCUT2D eigenvalue weighted by Gasteiger charge is 2.20. The fraction of sp³-hybridized carbons (Fsp3) is 0.263. The minimum absolute atomic E-state index is 0.263. The van der Waals surface area contributed by atoms with E-state index in [4.69, 9.17) is 32.7 Å². The smallest absolute Gasteiger partial charge is 0.323 e. The highest BCUT2D eigenvalue weighted by molar-refractivity contribution is 6.32. The first-order valence-corrected chi connectivity index (χ1v) is 10.5. The Hall–Kier alpha value is -3.32. The van der Waals surface area contributed by atoms with Gasteiger partial charge in [-0.25, -0.2) is 19.3 Å². The SMILES string of the molecule is COCCO[C@@H](C)c1c(NC(=O)Nc2cnc(-n3nccn3)c(Cl)c2)cnc2cc(Cl)nn12. The van der Waals surface area contributed by atoms with E-state index in [0.29, 0.717) is 41.7 Å². The van der Waals surface area contributed by atoms with Crippen molar-refractivity contribution in [1.82, 2.24) is 34.6 Å². The second kappa shape index (κ2) is 10.1. The standard InChI is InChI=1S/C19H19Cl2N9O3/c1-11(33-6-5-32-2)17-14(10-22-16-8-15(21)28-29(16)17)27-19(31)26-12-7-13(20)18(23-9-12)30-24-3-4-25-30/h3-4,7-11H,5-6H2,1-2H3,(H2,26,27,31)/t11-/m0/s1. The highest BCUT2D eigenvalue weighted by atomic mass is 35.5. The second-order valence-corrected chi connectivity index (χ2v) is 7.52. The number of amides is 2. The molecule has 0 saturated heterocycles. The number of halogens is 2. The lowest BCUT2D eigenvalue weighted by Gasteiger charge is -2.18. The van der Waals surface area contributed by atoms with Gasteiger partial charge in [-0.3, -0.25) is 0 Å². The number of nitrogens with zero attached hydrogens (tertiary/aromatic N) is 7. The van der Waals surface area contributed by atoms with Crippen molar-refractivity contribution in [2.24, 2.45) is 0 Å². The lowest BCUT2D eigenvalue weighted by molar-refractivity contribution is 0.0230. The van der Waals surface area contributed by atoms with E-state index in [1.54, 1.807) is 19.2 Å². The highest BCUT2D eigenvalue weighted by Crippen LogP contribution is 2.27. The molecule has 4 aromatic rings. The van der Waals surface area contributed by atoms with Crippen LogP contribution in [0.15, 0.2) is 36.9 Å². The topological polar surface area (TPSA) is 133 Å². The molecule has 1 atom stereocenters. The summed E-state index contributed by atoms with van der Waals surface area (Å²) in [5, 5.41) is 18.2. The molecule has 4 rings (SSSR count). The third-order valence-electron chi connectivity index (χ3n) is 4.47. The van der Waals surface area contributed by atoms with Crippen LogP contribution >= 0.6 is 23.2 Å². The molecule has 4 heterocycles. The van der Waals surface area contributed by atoms with Crippen LogP contribution in [0, 0.1) is 0 Å². The number of rotatable bonds is 8. The van der Waals surface area contributed by atoms with E-state index in [1.807, 2.05) is 6.92 Å². The molecule has 33 heavy (non-hydrogen) atoms. The largest absolute Gasteiger partial charge is 0.382 e. The van der Waals surface area contributed by atoms with Crippen LogP contribution in [0.3, 0.4) is 0 Å². The van der Waals surface area contributed by atoms with E-state index >= 15 is 0 Å². The number of fused-ring (bicyclic) bond motifs is 1. The summed E-state index contributed by atoms with van der Waals surface area (Å²) in [4.78, 5) is 22.5. The quantitative estimate of drug-likeness (QED) is 0.358. The summed E-state index contributed by atoms with van der Waals surface area (Å²) in [6.45, 7) is 2.60. The van der Waals surface area contributed by atoms with Gasteiger partial charge in [0.1, 0.15) is 0 Å². The Kier molecular flexibility index (Phi) is 6.99. The van der Waals surface area contributed by atoms with Crippen molar-refractivity contribution in [2.75, 3.05) is 31.0 Å². The molecule has 2 amide bonds. The maximum atomic E-state index is 12.7. The van der Waals surface area contributed by atoms with Crippen LogP contribution in [0.5, 0.6) is 0 Å². The Labute approximate surface area is 197 Å². The average Bonchev–Trinajstić information content (AvgIpc) is 3.43. The molecule has 0 bridgehead atoms. The number of hydrogen-bond donors (Lipinski definition) is 2. The first-order chi connectivity index (χ1) is 16.0. The molecule has 2 N–H and O–H groups in total. The molecule has 0 aliphatic rings. The molecule has 0 aliphatic carbocycles. The maximum Gasteiger partial charge on any atom is 0.323 e. The summed E-state index contributed by atoms with van der Waals surface area (Å²) in [6.07, 6.45) is 5.51. The number of carbonyl (C=O) groups excluding carboxylic acids is 1. The zero-order chi connectivity index (χ0) is 23.4. The van der Waals surface area contributed by atoms with Crippen LogP contribution in [0.2, 0.25) is 10.2 Å². The summed E-state index contributed by atoms with van der Waals surface area (Å²) >= 11 is 12.3. The molecule has 0 aliphatic heterocycles. The van der Waals surface area contributed by atoms with Crippen molar-refractivity contribution in [1.29, 1.82) is 0 Å². The number of anilines is 2. The number of pyridine rings is 1. The first-order valence-electron chi connectivity index (χ1n) is 9.71. The zero-order valence-corrected chi connectivity index (χ0v) is 19.1. The molecule has 0 unspecified atom stereocenters. The van der Waals surface area contributed by atoms with Crippen molar-refractivity contribution in [3.05, 3.63) is 52.8 Å². The van der Waals surface area contributed by atoms with Crippen LogP contribution in [-0.2, 0) is 9.47 Å². The molecule has 0 radical (unpaired) electrons. The zero-order valence-electron chi connectivity index (χ0n) is 17.6. The van der Waals surface area contributed by atoms with Gasteiger partial charge < -0.3 is 20.1 Å². The van der Waals surface area contributed by atoms with Crippen LogP contribution in [0.4, 0.5) is 16.2 Å². The lowest BCUT2D eigenvalue weighted by atomic mass is 10.2. The summed E-state index contributed by atoms with van der Waals surface area (Å²) < 4.78 is 12.4. The second-order valence-electron chi connectivity index (χ2n) is 6.73. The Morgan fingerprint density at radius 3 is 2.64 bits per heavy atom. The van der Waals surface area contributed by atoms with Gasteiger partial charge >= 0.3 is 6.03 Å². The van der Waals surface area contributed by atoms with E-state index in [-0.39, 0.29) is 10.2 Å². The van der Waals surface area contributed by atoms with Gasteiger partial charge in [0.25, 0.3) is 0 Å². The summed E-state index contributed by atoms with van der Waals surface area (Å²) in [5.74, 6) is 0.335. The average molecular weight is 492 g/mol. The van der Waals surface area contributed by atoms with Gasteiger partial charge in [-0.15, -0.1) is 4.80 Å². The molecular weight excluding hydrogens is 473 g/mol. The Balaban J connectivity index is 1.55. The van der Waals surface area contributed by atoms with Crippen LogP contribution in [0.25, 0.3) is 11.5 Å². The van der Waals surface area contributed by atoms with Gasteiger partial charge in [0, 0.05) is 13.2 Å². The summed E-state index contributed by atoms with van der Waals surface area (Å²) in [5.41, 5.74) is 1.84. The molecule has 0 fully saturated rings. The number of methoxy groups -OCH3 is 1. The molecule has 14 heteroatoms. The molecule has 4 aromatic heterocycles. The molecule has 0 saturated carbocycles. The number of hydrogen-bond acceptors (Lipinski definition) is 8. The number of aromatic nitrogens is 7. The van der Waals surface area contributed by atoms with Crippen LogP contribution < -0.4 is 10.6 Å². The fourth-order valence-electron chi connectivity index (χ4n) is 3.05. The van der Waals surface area contributed by atoms with E-state index < -0.39 is 12.1 Å². The molecule has 172 valence electrons. The van der Waals surface area contributed by atoms with E-state index in [1.165, 1.54) is 34.1 Å². The molecule has 12 nitrogen and oxygen atoms in total. The molecular formula is C19H19Cl2N9O3. The van der Waals surface area contributed by atoms with Crippen molar-refractivity contribution in [3.63, 3.8) is 0 Å². The number of carbonyl (C=O) groups is 1. The lowest BCUT2D eigenvalue weighted by Crippen LogP contribution is -2.23. The van der Waals surface area contributed by atoms with Gasteiger partial charge in [-0.1, -0.05) is 23.2 Å². The van der Waals surface area contributed by atoms with Gasteiger partial charge in [0.15, 0.2) is 16.6 Å². The predicted octanol–water partition coefficient (Wildman–Crippen LogP) is 3.38. The van der Waals surface area contributed by atoms with Gasteiger partial charge in [0.2, 0.25) is 0 Å². The molecule has 0 aromatic carbocycles. The predicted molar refractivity (Wildman–Crippen MR) is 121 cm³/mol. The van der Waals surface area contributed by atoms with Crippen molar-refractivity contribution < 1.29 is 14.3 Å². The third-order valence-corrected chi connectivity index (χ3v) is 4.93. The first kappa shape index (κ1) is 22.9. The van der Waals surface area contributed by atoms with Crippen LogP contribution in [-0.4, -0.2) is 60.9 Å².